The minimum atomic E-state index is 0.761. The summed E-state index contributed by atoms with van der Waals surface area (Å²) in [6, 6.07) is 8.36. The molecule has 0 radical (unpaired) electrons. The lowest BCUT2D eigenvalue weighted by atomic mass is 10.1. The van der Waals surface area contributed by atoms with Crippen LogP contribution in [0, 0.1) is 0 Å². The van der Waals surface area contributed by atoms with E-state index in [1.54, 1.807) is 0 Å². The van der Waals surface area contributed by atoms with E-state index in [4.69, 9.17) is 4.74 Å². The molecule has 1 heterocycles. The van der Waals surface area contributed by atoms with Crippen LogP contribution in [-0.2, 0) is 6.54 Å². The number of nitrogens with zero attached hydrogens (tertiary/aromatic N) is 1. The number of hydrogen-bond donors (Lipinski definition) is 1. The Morgan fingerprint density at radius 3 is 3.00 bits per heavy atom. The Balaban J connectivity index is 1.73. The van der Waals surface area contributed by atoms with Crippen molar-refractivity contribution < 1.29 is 4.74 Å². The minimum Gasteiger partial charge on any atom is -0.492 e. The van der Waals surface area contributed by atoms with Gasteiger partial charge in [-0.15, -0.1) is 0 Å². The molecule has 1 aliphatic heterocycles. The second-order valence-corrected chi connectivity index (χ2v) is 5.38. The van der Waals surface area contributed by atoms with Crippen molar-refractivity contribution >= 4 is 0 Å². The summed E-state index contributed by atoms with van der Waals surface area (Å²) in [5.74, 6) is 0.976. The highest BCUT2D eigenvalue weighted by Crippen LogP contribution is 2.14. The van der Waals surface area contributed by atoms with Crippen molar-refractivity contribution in [3.8, 4) is 5.75 Å². The fourth-order valence-corrected chi connectivity index (χ4v) is 2.32. The molecule has 0 unspecified atom stereocenters. The van der Waals surface area contributed by atoms with Gasteiger partial charge in [-0.05, 0) is 37.6 Å². The lowest BCUT2D eigenvalue weighted by Crippen LogP contribution is -2.32. The highest BCUT2D eigenvalue weighted by Gasteiger charge is 2.08. The third kappa shape index (κ3) is 4.99. The number of ether oxygens (including phenoxy) is 1. The van der Waals surface area contributed by atoms with Crippen LogP contribution in [0.25, 0.3) is 0 Å². The molecule has 3 nitrogen and oxygen atoms in total. The zero-order valence-corrected chi connectivity index (χ0v) is 12.7. The summed E-state index contributed by atoms with van der Waals surface area (Å²) < 4.78 is 5.87. The lowest BCUT2D eigenvalue weighted by molar-refractivity contribution is 0.219. The van der Waals surface area contributed by atoms with E-state index < -0.39 is 0 Å². The molecule has 1 N–H and O–H groups in total. The molecule has 3 heteroatoms. The fraction of sp³-hybridized carbons (Fsp3) is 0.529. The van der Waals surface area contributed by atoms with Crippen LogP contribution in [0.15, 0.2) is 35.9 Å². The molecule has 0 saturated heterocycles. The zero-order chi connectivity index (χ0) is 14.2. The van der Waals surface area contributed by atoms with E-state index in [1.165, 1.54) is 17.6 Å². The van der Waals surface area contributed by atoms with Gasteiger partial charge < -0.3 is 10.1 Å². The molecule has 0 atom stereocenters. The van der Waals surface area contributed by atoms with Gasteiger partial charge in [-0.1, -0.05) is 30.7 Å². The summed E-state index contributed by atoms with van der Waals surface area (Å²) >= 11 is 0. The Morgan fingerprint density at radius 2 is 2.25 bits per heavy atom. The van der Waals surface area contributed by atoms with Crippen LogP contribution in [-0.4, -0.2) is 37.7 Å². The Kier molecular flexibility index (Phi) is 6.09. The standard InChI is InChI=1S/C17H26N2O/c1-3-18-14-16-5-4-6-17(13-16)20-12-11-19-9-7-15(2)8-10-19/h4-7,13,18H,3,8-12,14H2,1-2H3. The van der Waals surface area contributed by atoms with E-state index in [1.807, 2.05) is 6.07 Å². The third-order valence-corrected chi connectivity index (χ3v) is 3.67. The Hall–Kier alpha value is -1.32. The monoisotopic (exact) mass is 274 g/mol. The summed E-state index contributed by atoms with van der Waals surface area (Å²) in [4.78, 5) is 2.44. The molecule has 0 spiro atoms. The van der Waals surface area contributed by atoms with Gasteiger partial charge in [-0.2, -0.15) is 0 Å². The smallest absolute Gasteiger partial charge is 0.119 e. The van der Waals surface area contributed by atoms with Gasteiger partial charge in [0.25, 0.3) is 0 Å². The molecule has 0 aromatic heterocycles. The maximum Gasteiger partial charge on any atom is 0.119 e. The number of rotatable bonds is 7. The second kappa shape index (κ2) is 8.08. The van der Waals surface area contributed by atoms with Crippen LogP contribution in [0.2, 0.25) is 0 Å². The molecule has 0 fully saturated rings. The first-order valence-corrected chi connectivity index (χ1v) is 7.58. The van der Waals surface area contributed by atoms with E-state index >= 15 is 0 Å². The van der Waals surface area contributed by atoms with E-state index in [9.17, 15) is 0 Å². The van der Waals surface area contributed by atoms with Crippen molar-refractivity contribution in [1.29, 1.82) is 0 Å². The van der Waals surface area contributed by atoms with Gasteiger partial charge in [0.05, 0.1) is 0 Å². The van der Waals surface area contributed by atoms with Crippen molar-refractivity contribution in [2.75, 3.05) is 32.8 Å². The minimum absolute atomic E-state index is 0.761. The van der Waals surface area contributed by atoms with Crippen LogP contribution in [0.1, 0.15) is 25.8 Å². The maximum atomic E-state index is 5.87. The van der Waals surface area contributed by atoms with Crippen molar-refractivity contribution in [3.05, 3.63) is 41.5 Å². The van der Waals surface area contributed by atoms with Gasteiger partial charge in [0.15, 0.2) is 0 Å². The molecule has 110 valence electrons. The van der Waals surface area contributed by atoms with Crippen LogP contribution < -0.4 is 10.1 Å². The Labute approximate surface area is 122 Å². The van der Waals surface area contributed by atoms with Gasteiger partial charge in [0.2, 0.25) is 0 Å². The van der Waals surface area contributed by atoms with Gasteiger partial charge in [0, 0.05) is 26.2 Å². The van der Waals surface area contributed by atoms with E-state index in [-0.39, 0.29) is 0 Å². The Bertz CT molecular complexity index is 442. The summed E-state index contributed by atoms with van der Waals surface area (Å²) in [6.07, 6.45) is 3.51. The summed E-state index contributed by atoms with van der Waals surface area (Å²) in [6.45, 7) is 10.2. The molecule has 2 rings (SSSR count). The molecular formula is C17H26N2O. The largest absolute Gasteiger partial charge is 0.492 e. The second-order valence-electron chi connectivity index (χ2n) is 5.38. The predicted molar refractivity (Wildman–Crippen MR) is 84.1 cm³/mol. The molecular weight excluding hydrogens is 248 g/mol. The average Bonchev–Trinajstić information content (AvgIpc) is 2.48. The number of benzene rings is 1. The van der Waals surface area contributed by atoms with Crippen LogP contribution in [0.5, 0.6) is 5.75 Å². The molecule has 1 aliphatic rings. The summed E-state index contributed by atoms with van der Waals surface area (Å²) in [5.41, 5.74) is 2.79. The molecule has 0 amide bonds. The SMILES string of the molecule is CCNCc1cccc(OCCN2CC=C(C)CC2)c1. The highest BCUT2D eigenvalue weighted by atomic mass is 16.5. The summed E-state index contributed by atoms with van der Waals surface area (Å²) in [7, 11) is 0. The first kappa shape index (κ1) is 15.1. The van der Waals surface area contributed by atoms with Crippen molar-refractivity contribution in [2.24, 2.45) is 0 Å². The molecule has 0 aliphatic carbocycles. The van der Waals surface area contributed by atoms with Crippen molar-refractivity contribution in [3.63, 3.8) is 0 Å². The van der Waals surface area contributed by atoms with Crippen LogP contribution in [0.3, 0.4) is 0 Å². The molecule has 1 aromatic rings. The molecule has 1 aromatic carbocycles. The number of hydrogen-bond acceptors (Lipinski definition) is 3. The van der Waals surface area contributed by atoms with E-state index in [0.717, 1.165) is 45.1 Å². The van der Waals surface area contributed by atoms with Gasteiger partial charge in [0.1, 0.15) is 12.4 Å². The first-order chi connectivity index (χ1) is 9.78. The van der Waals surface area contributed by atoms with E-state index in [2.05, 4.69) is 48.3 Å². The molecule has 0 saturated carbocycles. The van der Waals surface area contributed by atoms with Crippen LogP contribution in [0.4, 0.5) is 0 Å². The fourth-order valence-electron chi connectivity index (χ4n) is 2.32. The topological polar surface area (TPSA) is 24.5 Å². The molecule has 20 heavy (non-hydrogen) atoms. The highest BCUT2D eigenvalue weighted by molar-refractivity contribution is 5.28. The zero-order valence-electron chi connectivity index (χ0n) is 12.7. The quantitative estimate of drug-likeness (QED) is 0.774. The first-order valence-electron chi connectivity index (χ1n) is 7.58. The average molecular weight is 274 g/mol. The Morgan fingerprint density at radius 1 is 1.35 bits per heavy atom. The van der Waals surface area contributed by atoms with Crippen molar-refractivity contribution in [2.45, 2.75) is 26.8 Å². The van der Waals surface area contributed by atoms with Gasteiger partial charge in [-0.25, -0.2) is 0 Å². The predicted octanol–water partition coefficient (Wildman–Crippen LogP) is 2.83. The number of nitrogens with one attached hydrogen (secondary N) is 1. The van der Waals surface area contributed by atoms with Gasteiger partial charge in [-0.3, -0.25) is 4.90 Å². The van der Waals surface area contributed by atoms with E-state index in [0.29, 0.717) is 0 Å². The summed E-state index contributed by atoms with van der Waals surface area (Å²) in [5, 5.41) is 3.33. The normalized spacial score (nSPS) is 16.0. The lowest BCUT2D eigenvalue weighted by Gasteiger charge is -2.25. The maximum absolute atomic E-state index is 5.87. The van der Waals surface area contributed by atoms with Crippen LogP contribution >= 0.6 is 0 Å². The third-order valence-electron chi connectivity index (χ3n) is 3.67. The van der Waals surface area contributed by atoms with Crippen molar-refractivity contribution in [1.82, 2.24) is 10.2 Å². The van der Waals surface area contributed by atoms with Gasteiger partial charge >= 0.3 is 0 Å². The molecule has 0 bridgehead atoms.